The summed E-state index contributed by atoms with van der Waals surface area (Å²) in [6.45, 7) is 1.91. The number of alkyl halides is 6. The molecular weight excluding hydrogens is 454 g/mol. The Labute approximate surface area is 185 Å². The van der Waals surface area contributed by atoms with Crippen LogP contribution in [0.3, 0.4) is 0 Å². The van der Waals surface area contributed by atoms with Crippen LogP contribution in [0.25, 0.3) is 0 Å². The quantitative estimate of drug-likeness (QED) is 0.594. The van der Waals surface area contributed by atoms with E-state index in [1.165, 1.54) is 0 Å². The van der Waals surface area contributed by atoms with Gasteiger partial charge < -0.3 is 15.3 Å². The van der Waals surface area contributed by atoms with E-state index in [0.29, 0.717) is 17.7 Å². The molecule has 1 fully saturated rings. The standard InChI is InChI=1S/C22H20F6N2O3/c1-12-2-4-13(5-3-12)17-11-30(20(32)33)7-6-18(17)29-19(31)14-8-15(21(23,24)25)10-16(9-14)22(26,27)28/h2-5,8-10,17-18H,6-7,11H2,1H3,(H,29,31)(H,32,33). The Balaban J connectivity index is 1.92. The van der Waals surface area contributed by atoms with Crippen LogP contribution in [0.4, 0.5) is 31.1 Å². The lowest BCUT2D eigenvalue weighted by Crippen LogP contribution is -2.51. The van der Waals surface area contributed by atoms with Crippen molar-refractivity contribution in [2.75, 3.05) is 13.1 Å². The van der Waals surface area contributed by atoms with Gasteiger partial charge in [-0.25, -0.2) is 4.79 Å². The molecule has 2 aromatic rings. The van der Waals surface area contributed by atoms with Gasteiger partial charge in [-0.3, -0.25) is 4.79 Å². The lowest BCUT2D eigenvalue weighted by molar-refractivity contribution is -0.143. The Hall–Kier alpha value is -3.24. The zero-order chi connectivity index (χ0) is 24.6. The molecule has 0 bridgehead atoms. The highest BCUT2D eigenvalue weighted by atomic mass is 19.4. The van der Waals surface area contributed by atoms with Crippen LogP contribution in [0.5, 0.6) is 0 Å². The molecule has 0 aromatic heterocycles. The second-order valence-electron chi connectivity index (χ2n) is 7.91. The summed E-state index contributed by atoms with van der Waals surface area (Å²) in [6, 6.07) is 7.08. The maximum Gasteiger partial charge on any atom is 0.416 e. The zero-order valence-electron chi connectivity index (χ0n) is 17.3. The van der Waals surface area contributed by atoms with E-state index in [-0.39, 0.29) is 25.6 Å². The van der Waals surface area contributed by atoms with Gasteiger partial charge in [0.1, 0.15) is 0 Å². The summed E-state index contributed by atoms with van der Waals surface area (Å²) >= 11 is 0. The fourth-order valence-corrected chi connectivity index (χ4v) is 3.79. The van der Waals surface area contributed by atoms with Crippen molar-refractivity contribution in [3.05, 3.63) is 70.3 Å². The minimum absolute atomic E-state index is 0.0136. The fourth-order valence-electron chi connectivity index (χ4n) is 3.79. The number of amides is 2. The average molecular weight is 474 g/mol. The maximum atomic E-state index is 13.1. The van der Waals surface area contributed by atoms with E-state index in [4.69, 9.17) is 0 Å². The average Bonchev–Trinajstić information content (AvgIpc) is 2.73. The molecule has 2 N–H and O–H groups in total. The number of piperidine rings is 1. The van der Waals surface area contributed by atoms with Crippen molar-refractivity contribution in [1.82, 2.24) is 10.2 Å². The second-order valence-corrected chi connectivity index (χ2v) is 7.91. The predicted molar refractivity (Wildman–Crippen MR) is 106 cm³/mol. The van der Waals surface area contributed by atoms with Crippen molar-refractivity contribution < 1.29 is 41.0 Å². The summed E-state index contributed by atoms with van der Waals surface area (Å²) in [5.74, 6) is -1.63. The molecule has 11 heteroatoms. The molecule has 0 saturated carbocycles. The monoisotopic (exact) mass is 474 g/mol. The lowest BCUT2D eigenvalue weighted by Gasteiger charge is -2.38. The Morgan fingerprint density at radius 1 is 0.970 bits per heavy atom. The minimum atomic E-state index is -5.08. The van der Waals surface area contributed by atoms with Crippen molar-refractivity contribution in [1.29, 1.82) is 0 Å². The van der Waals surface area contributed by atoms with Crippen LogP contribution in [-0.4, -0.2) is 41.1 Å². The Morgan fingerprint density at radius 2 is 1.52 bits per heavy atom. The number of carbonyl (C=O) groups excluding carboxylic acids is 1. The van der Waals surface area contributed by atoms with Crippen LogP contribution < -0.4 is 5.32 Å². The molecule has 3 rings (SSSR count). The molecule has 2 aromatic carbocycles. The summed E-state index contributed by atoms with van der Waals surface area (Å²) in [5.41, 5.74) is -2.32. The highest BCUT2D eigenvalue weighted by Gasteiger charge is 2.38. The van der Waals surface area contributed by atoms with Gasteiger partial charge in [0.05, 0.1) is 11.1 Å². The van der Waals surface area contributed by atoms with Gasteiger partial charge >= 0.3 is 18.4 Å². The van der Waals surface area contributed by atoms with Gasteiger partial charge in [-0.15, -0.1) is 0 Å². The number of rotatable bonds is 3. The van der Waals surface area contributed by atoms with Crippen LogP contribution in [0, 0.1) is 6.92 Å². The van der Waals surface area contributed by atoms with E-state index in [2.05, 4.69) is 5.32 Å². The zero-order valence-corrected chi connectivity index (χ0v) is 17.3. The van der Waals surface area contributed by atoms with Gasteiger partial charge in [0.2, 0.25) is 0 Å². The lowest BCUT2D eigenvalue weighted by atomic mass is 9.85. The van der Waals surface area contributed by atoms with E-state index < -0.39 is 53.0 Å². The maximum absolute atomic E-state index is 13.1. The molecule has 1 heterocycles. The summed E-state index contributed by atoms with van der Waals surface area (Å²) in [7, 11) is 0. The molecule has 2 unspecified atom stereocenters. The number of nitrogens with zero attached hydrogens (tertiary/aromatic N) is 1. The Kier molecular flexibility index (Phi) is 6.62. The molecule has 178 valence electrons. The van der Waals surface area contributed by atoms with Crippen LogP contribution in [-0.2, 0) is 12.4 Å². The normalized spacial score (nSPS) is 19.3. The molecule has 1 aliphatic heterocycles. The second kappa shape index (κ2) is 8.95. The van der Waals surface area contributed by atoms with E-state index in [1.54, 1.807) is 24.3 Å². The third-order valence-corrected chi connectivity index (χ3v) is 5.56. The summed E-state index contributed by atoms with van der Waals surface area (Å²) in [5, 5.41) is 11.9. The van der Waals surface area contributed by atoms with Crippen LogP contribution >= 0.6 is 0 Å². The molecule has 33 heavy (non-hydrogen) atoms. The number of aryl methyl sites for hydroxylation is 1. The number of benzene rings is 2. The van der Waals surface area contributed by atoms with Crippen LogP contribution in [0.2, 0.25) is 0 Å². The molecule has 2 atom stereocenters. The SMILES string of the molecule is Cc1ccc(C2CN(C(=O)O)CCC2NC(=O)c2cc(C(F)(F)F)cc(C(F)(F)F)c2)cc1. The molecule has 0 aliphatic carbocycles. The van der Waals surface area contributed by atoms with Gasteiger partial charge in [0, 0.05) is 30.6 Å². The fraction of sp³-hybridized carbons (Fsp3) is 0.364. The largest absolute Gasteiger partial charge is 0.465 e. The van der Waals surface area contributed by atoms with Crippen LogP contribution in [0.1, 0.15) is 45.0 Å². The molecular formula is C22H20F6N2O3. The highest BCUT2D eigenvalue weighted by molar-refractivity contribution is 5.95. The first-order valence-corrected chi connectivity index (χ1v) is 9.90. The van der Waals surface area contributed by atoms with Crippen LogP contribution in [0.15, 0.2) is 42.5 Å². The van der Waals surface area contributed by atoms with E-state index in [0.717, 1.165) is 10.5 Å². The number of carboxylic acid groups (broad SMARTS) is 1. The van der Waals surface area contributed by atoms with Crippen molar-refractivity contribution in [3.63, 3.8) is 0 Å². The first kappa shape index (κ1) is 24.4. The van der Waals surface area contributed by atoms with Crippen molar-refractivity contribution in [2.45, 2.75) is 37.7 Å². The number of nitrogens with one attached hydrogen (secondary N) is 1. The molecule has 0 spiro atoms. The van der Waals surface area contributed by atoms with E-state index in [9.17, 15) is 41.0 Å². The van der Waals surface area contributed by atoms with Crippen molar-refractivity contribution >= 4 is 12.0 Å². The molecule has 0 radical (unpaired) electrons. The van der Waals surface area contributed by atoms with Gasteiger partial charge in [-0.2, -0.15) is 26.3 Å². The molecule has 1 aliphatic rings. The van der Waals surface area contributed by atoms with Gasteiger partial charge in [-0.1, -0.05) is 29.8 Å². The molecule has 1 saturated heterocycles. The van der Waals surface area contributed by atoms with Crippen molar-refractivity contribution in [2.24, 2.45) is 0 Å². The van der Waals surface area contributed by atoms with E-state index in [1.807, 2.05) is 6.92 Å². The number of likely N-dealkylation sites (tertiary alicyclic amines) is 1. The number of halogens is 6. The number of carbonyl (C=O) groups is 2. The third-order valence-electron chi connectivity index (χ3n) is 5.56. The number of hydrogen-bond acceptors (Lipinski definition) is 2. The van der Waals surface area contributed by atoms with Crippen molar-refractivity contribution in [3.8, 4) is 0 Å². The van der Waals surface area contributed by atoms with Gasteiger partial charge in [0.25, 0.3) is 5.91 Å². The Bertz CT molecular complexity index is 1000. The van der Waals surface area contributed by atoms with Gasteiger partial charge in [0.15, 0.2) is 0 Å². The number of hydrogen-bond donors (Lipinski definition) is 2. The first-order valence-electron chi connectivity index (χ1n) is 9.90. The first-order chi connectivity index (χ1) is 15.3. The smallest absolute Gasteiger partial charge is 0.416 e. The highest BCUT2D eigenvalue weighted by Crippen LogP contribution is 2.36. The molecule has 2 amide bonds. The van der Waals surface area contributed by atoms with Gasteiger partial charge in [-0.05, 0) is 37.1 Å². The molecule has 5 nitrogen and oxygen atoms in total. The predicted octanol–water partition coefficient (Wildman–Crippen LogP) is 5.30. The topological polar surface area (TPSA) is 69.6 Å². The third kappa shape index (κ3) is 5.77. The summed E-state index contributed by atoms with van der Waals surface area (Å²) < 4.78 is 78.8. The summed E-state index contributed by atoms with van der Waals surface area (Å²) in [4.78, 5) is 25.3. The van der Waals surface area contributed by atoms with E-state index >= 15 is 0 Å². The summed E-state index contributed by atoms with van der Waals surface area (Å²) in [6.07, 6.45) is -11.2. The Morgan fingerprint density at radius 3 is 2.00 bits per heavy atom. The minimum Gasteiger partial charge on any atom is -0.465 e.